The van der Waals surface area contributed by atoms with Crippen LogP contribution in [0.1, 0.15) is 23.7 Å². The number of nitrogens with one attached hydrogen (secondary N) is 1. The maximum atomic E-state index is 11.6. The van der Waals surface area contributed by atoms with Gasteiger partial charge < -0.3 is 5.32 Å². The molecule has 2 nitrogen and oxygen atoms in total. The Hall–Kier alpha value is -1.22. The zero-order valence-corrected chi connectivity index (χ0v) is 9.63. The lowest BCUT2D eigenvalue weighted by Crippen LogP contribution is -2.24. The molecule has 0 fully saturated rings. The summed E-state index contributed by atoms with van der Waals surface area (Å²) < 4.78 is 0. The monoisotopic (exact) mass is 221 g/mol. The van der Waals surface area contributed by atoms with Gasteiger partial charge in [0.05, 0.1) is 5.56 Å². The van der Waals surface area contributed by atoms with Crippen LogP contribution in [0.15, 0.2) is 41.3 Å². The van der Waals surface area contributed by atoms with Crippen LogP contribution in [0.5, 0.6) is 0 Å². The summed E-state index contributed by atoms with van der Waals surface area (Å²) in [7, 11) is 0. The van der Waals surface area contributed by atoms with E-state index < -0.39 is 0 Å². The number of hydrogen-bond acceptors (Lipinski definition) is 2. The lowest BCUT2D eigenvalue weighted by Gasteiger charge is -2.05. The van der Waals surface area contributed by atoms with Crippen molar-refractivity contribution in [3.05, 3.63) is 42.0 Å². The molecule has 0 saturated heterocycles. The Labute approximate surface area is 95.8 Å². The molecule has 3 heteroatoms. The van der Waals surface area contributed by atoms with Gasteiger partial charge in [-0.05, 0) is 25.5 Å². The average Bonchev–Trinajstić information content (AvgIpc) is 2.25. The predicted octanol–water partition coefficient (Wildman–Crippen LogP) is 2.67. The molecule has 1 amide bonds. The number of carbonyl (C=O) groups excluding carboxylic acids is 1. The van der Waals surface area contributed by atoms with E-state index in [0.717, 1.165) is 6.42 Å². The first-order chi connectivity index (χ1) is 7.25. The van der Waals surface area contributed by atoms with Gasteiger partial charge in [-0.15, -0.1) is 12.6 Å². The van der Waals surface area contributed by atoms with Gasteiger partial charge in [0.1, 0.15) is 0 Å². The highest BCUT2D eigenvalue weighted by atomic mass is 32.1. The van der Waals surface area contributed by atoms with Crippen LogP contribution >= 0.6 is 12.6 Å². The van der Waals surface area contributed by atoms with Gasteiger partial charge in [-0.1, -0.05) is 24.3 Å². The molecule has 80 valence electrons. The van der Waals surface area contributed by atoms with E-state index in [1.54, 1.807) is 6.07 Å². The Bertz CT molecular complexity index is 360. The second-order valence-corrected chi connectivity index (χ2v) is 3.61. The third kappa shape index (κ3) is 3.80. The van der Waals surface area contributed by atoms with Crippen LogP contribution in [-0.2, 0) is 0 Å². The number of benzene rings is 1. The van der Waals surface area contributed by atoms with Gasteiger partial charge >= 0.3 is 0 Å². The molecule has 0 aliphatic rings. The van der Waals surface area contributed by atoms with E-state index >= 15 is 0 Å². The summed E-state index contributed by atoms with van der Waals surface area (Å²) in [5.41, 5.74) is 0.626. The van der Waals surface area contributed by atoms with Crippen LogP contribution in [0.4, 0.5) is 0 Å². The van der Waals surface area contributed by atoms with Crippen LogP contribution in [0.3, 0.4) is 0 Å². The summed E-state index contributed by atoms with van der Waals surface area (Å²) >= 11 is 4.23. The molecular weight excluding hydrogens is 206 g/mol. The Kier molecular flexibility index (Phi) is 4.98. The molecule has 15 heavy (non-hydrogen) atoms. The SMILES string of the molecule is C/C=C/CCNC(=O)c1ccccc1S. The molecule has 0 aliphatic heterocycles. The smallest absolute Gasteiger partial charge is 0.252 e. The zero-order valence-electron chi connectivity index (χ0n) is 8.73. The van der Waals surface area contributed by atoms with Crippen LogP contribution in [0, 0.1) is 0 Å². The quantitative estimate of drug-likeness (QED) is 0.457. The lowest BCUT2D eigenvalue weighted by atomic mass is 10.2. The van der Waals surface area contributed by atoms with Crippen molar-refractivity contribution in [2.75, 3.05) is 6.54 Å². The highest BCUT2D eigenvalue weighted by Gasteiger charge is 2.06. The minimum absolute atomic E-state index is 0.0647. The van der Waals surface area contributed by atoms with Gasteiger partial charge in [-0.2, -0.15) is 0 Å². The molecule has 0 unspecified atom stereocenters. The summed E-state index contributed by atoms with van der Waals surface area (Å²) in [6, 6.07) is 7.27. The zero-order chi connectivity index (χ0) is 11.1. The first-order valence-corrected chi connectivity index (χ1v) is 5.37. The standard InChI is InChI=1S/C12H15NOS/c1-2-3-6-9-13-12(14)10-7-4-5-8-11(10)15/h2-5,7-8,15H,6,9H2,1H3,(H,13,14)/b3-2+. The molecule has 1 aromatic rings. The van der Waals surface area contributed by atoms with Crippen molar-refractivity contribution in [2.24, 2.45) is 0 Å². The molecule has 0 heterocycles. The van der Waals surface area contributed by atoms with Gasteiger partial charge in [0.25, 0.3) is 5.91 Å². The molecule has 0 aromatic heterocycles. The highest BCUT2D eigenvalue weighted by molar-refractivity contribution is 7.80. The second kappa shape index (κ2) is 6.30. The van der Waals surface area contributed by atoms with Crippen molar-refractivity contribution in [3.8, 4) is 0 Å². The Morgan fingerprint density at radius 3 is 2.87 bits per heavy atom. The van der Waals surface area contributed by atoms with E-state index in [0.29, 0.717) is 17.0 Å². The van der Waals surface area contributed by atoms with E-state index in [4.69, 9.17) is 0 Å². The molecular formula is C12H15NOS. The number of carbonyl (C=O) groups is 1. The lowest BCUT2D eigenvalue weighted by molar-refractivity contribution is 0.0951. The Morgan fingerprint density at radius 1 is 1.47 bits per heavy atom. The number of rotatable bonds is 4. The van der Waals surface area contributed by atoms with Crippen LogP contribution in [-0.4, -0.2) is 12.5 Å². The number of hydrogen-bond donors (Lipinski definition) is 2. The van der Waals surface area contributed by atoms with Crippen molar-refractivity contribution in [1.29, 1.82) is 0 Å². The molecule has 1 aromatic carbocycles. The molecule has 0 radical (unpaired) electrons. The number of amides is 1. The fourth-order valence-corrected chi connectivity index (χ4v) is 1.46. The van der Waals surface area contributed by atoms with E-state index in [2.05, 4.69) is 17.9 Å². The topological polar surface area (TPSA) is 29.1 Å². The number of allylic oxidation sites excluding steroid dienone is 1. The van der Waals surface area contributed by atoms with Gasteiger partial charge in [-0.25, -0.2) is 0 Å². The molecule has 0 spiro atoms. The third-order valence-electron chi connectivity index (χ3n) is 1.98. The summed E-state index contributed by atoms with van der Waals surface area (Å²) in [6.45, 7) is 2.62. The summed E-state index contributed by atoms with van der Waals surface area (Å²) in [4.78, 5) is 12.4. The van der Waals surface area contributed by atoms with Crippen molar-refractivity contribution in [1.82, 2.24) is 5.32 Å². The van der Waals surface area contributed by atoms with Gasteiger partial charge in [0, 0.05) is 11.4 Å². The molecule has 0 atom stereocenters. The van der Waals surface area contributed by atoms with Crippen molar-refractivity contribution in [3.63, 3.8) is 0 Å². The van der Waals surface area contributed by atoms with Crippen molar-refractivity contribution in [2.45, 2.75) is 18.2 Å². The molecule has 0 aliphatic carbocycles. The van der Waals surface area contributed by atoms with Crippen LogP contribution < -0.4 is 5.32 Å². The Morgan fingerprint density at radius 2 is 2.20 bits per heavy atom. The molecule has 0 bridgehead atoms. The van der Waals surface area contributed by atoms with Crippen LogP contribution in [0.25, 0.3) is 0 Å². The first kappa shape index (κ1) is 11.9. The summed E-state index contributed by atoms with van der Waals surface area (Å²) in [5, 5.41) is 2.84. The van der Waals surface area contributed by atoms with Gasteiger partial charge in [-0.3, -0.25) is 4.79 Å². The molecule has 1 rings (SSSR count). The van der Waals surface area contributed by atoms with E-state index in [1.165, 1.54) is 0 Å². The maximum absolute atomic E-state index is 11.6. The predicted molar refractivity (Wildman–Crippen MR) is 65.5 cm³/mol. The van der Waals surface area contributed by atoms with Crippen molar-refractivity contribution < 1.29 is 4.79 Å². The summed E-state index contributed by atoms with van der Waals surface area (Å²) in [6.07, 6.45) is 4.85. The average molecular weight is 221 g/mol. The maximum Gasteiger partial charge on any atom is 0.252 e. The van der Waals surface area contributed by atoms with E-state index in [9.17, 15) is 4.79 Å². The first-order valence-electron chi connectivity index (χ1n) is 4.93. The van der Waals surface area contributed by atoms with Crippen molar-refractivity contribution >= 4 is 18.5 Å². The Balaban J connectivity index is 2.51. The molecule has 1 N–H and O–H groups in total. The highest BCUT2D eigenvalue weighted by Crippen LogP contribution is 2.12. The number of thiol groups is 1. The van der Waals surface area contributed by atoms with Crippen LogP contribution in [0.2, 0.25) is 0 Å². The van der Waals surface area contributed by atoms with Gasteiger partial charge in [0.15, 0.2) is 0 Å². The third-order valence-corrected chi connectivity index (χ3v) is 2.37. The fraction of sp³-hybridized carbons (Fsp3) is 0.250. The second-order valence-electron chi connectivity index (χ2n) is 3.13. The minimum Gasteiger partial charge on any atom is -0.352 e. The minimum atomic E-state index is -0.0647. The fourth-order valence-electron chi connectivity index (χ4n) is 1.20. The largest absolute Gasteiger partial charge is 0.352 e. The summed E-state index contributed by atoms with van der Waals surface area (Å²) in [5.74, 6) is -0.0647. The molecule has 0 saturated carbocycles. The van der Waals surface area contributed by atoms with Gasteiger partial charge in [0.2, 0.25) is 0 Å². The normalized spacial score (nSPS) is 10.5. The van der Waals surface area contributed by atoms with E-state index in [1.807, 2.05) is 37.3 Å². The van der Waals surface area contributed by atoms with E-state index in [-0.39, 0.29) is 5.91 Å².